The molecule has 3 aromatic heterocycles. The molecule has 15 aromatic rings. The van der Waals surface area contributed by atoms with Crippen molar-refractivity contribution >= 4 is 123 Å². The van der Waals surface area contributed by atoms with E-state index in [0.29, 0.717) is 0 Å². The highest BCUT2D eigenvalue weighted by Crippen LogP contribution is 2.54. The summed E-state index contributed by atoms with van der Waals surface area (Å²) < 4.78 is 12.0. The predicted octanol–water partition coefficient (Wildman–Crippen LogP) is 21.1. The van der Waals surface area contributed by atoms with E-state index in [9.17, 15) is 0 Å². The van der Waals surface area contributed by atoms with Crippen molar-refractivity contribution in [1.82, 2.24) is 9.13 Å². The lowest BCUT2D eigenvalue weighted by atomic mass is 9.33. The Morgan fingerprint density at radius 1 is 0.367 bits per heavy atom. The molecule has 0 bridgehead atoms. The Balaban J connectivity index is 1.04. The molecule has 12 aromatic carbocycles. The molecule has 90 heavy (non-hydrogen) atoms. The molecule has 0 spiro atoms. The first kappa shape index (κ1) is 53.9. The number of anilines is 6. The van der Waals surface area contributed by atoms with E-state index in [2.05, 4.69) is 322 Å². The van der Waals surface area contributed by atoms with Crippen molar-refractivity contribution in [3.8, 4) is 33.6 Å². The number of aryl methyl sites for hydroxylation is 1. The minimum atomic E-state index is -0.275. The van der Waals surface area contributed by atoms with Gasteiger partial charge < -0.3 is 23.4 Å². The van der Waals surface area contributed by atoms with Crippen LogP contribution in [0.2, 0.25) is 0 Å². The van der Waals surface area contributed by atoms with E-state index < -0.39 is 0 Å². The van der Waals surface area contributed by atoms with Crippen LogP contribution in [-0.2, 0) is 17.3 Å². The van der Waals surface area contributed by atoms with Crippen LogP contribution in [0.3, 0.4) is 0 Å². The maximum Gasteiger partial charge on any atom is 0.252 e. The molecule has 2 aliphatic heterocycles. The first-order chi connectivity index (χ1) is 43.9. The van der Waals surface area contributed by atoms with Gasteiger partial charge in [0.15, 0.2) is 0 Å². The largest absolute Gasteiger partial charge is 0.456 e. The van der Waals surface area contributed by atoms with Crippen molar-refractivity contribution in [2.45, 2.75) is 78.6 Å². The summed E-state index contributed by atoms with van der Waals surface area (Å²) >= 11 is 0. The number of furan rings is 1. The molecule has 0 saturated heterocycles. The number of fused-ring (bicyclic) bond motifs is 13. The summed E-state index contributed by atoms with van der Waals surface area (Å²) in [6.07, 6.45) is 3.02. The fraction of sp³-hybridized carbons (Fsp3) is 0.143. The summed E-state index contributed by atoms with van der Waals surface area (Å²) in [6.45, 7) is 16.3. The zero-order valence-corrected chi connectivity index (χ0v) is 52.1. The van der Waals surface area contributed by atoms with Crippen LogP contribution < -0.4 is 26.2 Å². The lowest BCUT2D eigenvalue weighted by molar-refractivity contribution is 0.590. The molecule has 6 heteroatoms. The first-order valence-electron chi connectivity index (χ1n) is 32.2. The number of rotatable bonds is 9. The van der Waals surface area contributed by atoms with Gasteiger partial charge in [0.2, 0.25) is 0 Å². The first-order valence-corrected chi connectivity index (χ1v) is 32.2. The lowest BCUT2D eigenvalue weighted by Crippen LogP contribution is -2.61. The topological polar surface area (TPSA) is 29.5 Å². The third-order valence-corrected chi connectivity index (χ3v) is 19.6. The summed E-state index contributed by atoms with van der Waals surface area (Å²) in [5.74, 6) is 0. The summed E-state index contributed by atoms with van der Waals surface area (Å²) in [6, 6.07) is 96.3. The van der Waals surface area contributed by atoms with Gasteiger partial charge in [0, 0.05) is 83.6 Å². The molecular formula is C84H69BN4O. The highest BCUT2D eigenvalue weighted by atomic mass is 16.3. The summed E-state index contributed by atoms with van der Waals surface area (Å²) in [4.78, 5) is 5.38. The molecule has 0 saturated carbocycles. The van der Waals surface area contributed by atoms with Crippen molar-refractivity contribution in [3.05, 3.63) is 271 Å². The Bertz CT molecular complexity index is 5230. The predicted molar refractivity (Wildman–Crippen MR) is 383 cm³/mol. The van der Waals surface area contributed by atoms with Crippen LogP contribution in [0.5, 0.6) is 0 Å². The van der Waals surface area contributed by atoms with Gasteiger partial charge in [-0.15, -0.1) is 0 Å². The molecule has 17 rings (SSSR count). The van der Waals surface area contributed by atoms with Crippen molar-refractivity contribution in [2.24, 2.45) is 0 Å². The third-order valence-electron chi connectivity index (χ3n) is 19.6. The second-order valence-corrected chi connectivity index (χ2v) is 27.1. The number of unbranched alkanes of at least 4 members (excludes halogenated alkanes) is 1. The lowest BCUT2D eigenvalue weighted by Gasteiger charge is -2.46. The Hall–Kier alpha value is -10.3. The van der Waals surface area contributed by atoms with Crippen molar-refractivity contribution < 1.29 is 4.42 Å². The fourth-order valence-corrected chi connectivity index (χ4v) is 15.1. The summed E-state index contributed by atoms with van der Waals surface area (Å²) in [7, 11) is 0. The minimum Gasteiger partial charge on any atom is -0.456 e. The summed E-state index contributed by atoms with van der Waals surface area (Å²) in [5, 5.41) is 7.26. The minimum absolute atomic E-state index is 0.162. The average Bonchev–Trinajstić information content (AvgIpc) is 0.887. The Morgan fingerprint density at radius 2 is 0.800 bits per heavy atom. The Kier molecular flexibility index (Phi) is 12.2. The van der Waals surface area contributed by atoms with Gasteiger partial charge in [0.1, 0.15) is 11.2 Å². The van der Waals surface area contributed by atoms with Gasteiger partial charge in [0.25, 0.3) is 6.71 Å². The van der Waals surface area contributed by atoms with E-state index in [1.807, 2.05) is 0 Å². The third kappa shape index (κ3) is 8.30. The molecule has 0 N–H and O–H groups in total. The molecule has 0 aliphatic carbocycles. The quantitative estimate of drug-likeness (QED) is 0.135. The molecule has 0 atom stereocenters. The Morgan fingerprint density at radius 3 is 1.29 bits per heavy atom. The van der Waals surface area contributed by atoms with Crippen LogP contribution in [0.4, 0.5) is 34.1 Å². The molecule has 0 fully saturated rings. The number of aromatic nitrogens is 2. The molecule has 0 radical (unpaired) electrons. The average molecular weight is 1160 g/mol. The molecule has 5 heterocycles. The van der Waals surface area contributed by atoms with Crippen molar-refractivity contribution in [1.29, 1.82) is 0 Å². The van der Waals surface area contributed by atoms with Gasteiger partial charge in [-0.1, -0.05) is 219 Å². The van der Waals surface area contributed by atoms with Crippen molar-refractivity contribution in [2.75, 3.05) is 9.80 Å². The van der Waals surface area contributed by atoms with Crippen LogP contribution in [0, 0.1) is 0 Å². The van der Waals surface area contributed by atoms with Gasteiger partial charge in [-0.3, -0.25) is 0 Å². The zero-order valence-electron chi connectivity index (χ0n) is 52.1. The number of nitrogens with zero attached hydrogens (tertiary/aromatic N) is 4. The maximum atomic E-state index is 6.97. The molecule has 434 valence electrons. The molecule has 2 aliphatic rings. The maximum absolute atomic E-state index is 6.97. The molecule has 0 amide bonds. The van der Waals surface area contributed by atoms with E-state index in [4.69, 9.17) is 4.42 Å². The van der Waals surface area contributed by atoms with Gasteiger partial charge in [-0.05, 0) is 153 Å². The number of hydrogen-bond acceptors (Lipinski definition) is 3. The van der Waals surface area contributed by atoms with Crippen molar-refractivity contribution in [3.63, 3.8) is 0 Å². The zero-order chi connectivity index (χ0) is 60.7. The van der Waals surface area contributed by atoms with Crippen LogP contribution in [-0.4, -0.2) is 15.8 Å². The molecule has 0 unspecified atom stereocenters. The van der Waals surface area contributed by atoms with E-state index in [1.54, 1.807) is 0 Å². The van der Waals surface area contributed by atoms with Crippen LogP contribution in [0.15, 0.2) is 259 Å². The fourth-order valence-electron chi connectivity index (χ4n) is 15.1. The van der Waals surface area contributed by atoms with Crippen LogP contribution >= 0.6 is 0 Å². The standard InChI is InChI=1S/C84H69BN4O/c1-8-9-26-55-45-67-64-35-20-25-40-79(64)90-80(67)52-74(55)88-75-50-58(86-70-36-21-16-31-60(70)61-32-17-22-37-71(61)86)41-43-68(75)85-69-44-42-59(87-72-38-23-18-33-62(72)63-34-19-24-39-73(63)87)51-76(69)89(78-49-57(84(5,6)7)48-77(88)81(78)85)82-65(53-27-12-10-13-28-53)46-56(83(2,3)4)47-66(82)54-29-14-11-15-30-54/h10-25,27-52H,8-9,26H2,1-7H3. The second kappa shape index (κ2) is 20.4. The highest BCUT2D eigenvalue weighted by molar-refractivity contribution is 7.00. The highest BCUT2D eigenvalue weighted by Gasteiger charge is 2.46. The van der Waals surface area contributed by atoms with Gasteiger partial charge in [-0.25, -0.2) is 0 Å². The van der Waals surface area contributed by atoms with Crippen LogP contribution in [0.25, 0.3) is 99.2 Å². The van der Waals surface area contributed by atoms with E-state index in [1.165, 1.54) is 110 Å². The van der Waals surface area contributed by atoms with Gasteiger partial charge in [-0.2, -0.15) is 0 Å². The molecule has 5 nitrogen and oxygen atoms in total. The normalized spacial score (nSPS) is 13.1. The number of hydrogen-bond donors (Lipinski definition) is 0. The Labute approximate surface area is 526 Å². The number of benzene rings is 12. The molecular weight excluding hydrogens is 1090 g/mol. The second-order valence-electron chi connectivity index (χ2n) is 27.1. The number of para-hydroxylation sites is 5. The summed E-state index contributed by atoms with van der Waals surface area (Å²) in [5.41, 5.74) is 27.6. The van der Waals surface area contributed by atoms with Gasteiger partial charge >= 0.3 is 0 Å². The monoisotopic (exact) mass is 1160 g/mol. The van der Waals surface area contributed by atoms with E-state index in [0.717, 1.165) is 75.3 Å². The van der Waals surface area contributed by atoms with E-state index in [-0.39, 0.29) is 17.5 Å². The van der Waals surface area contributed by atoms with E-state index >= 15 is 0 Å². The van der Waals surface area contributed by atoms with Gasteiger partial charge in [0.05, 0.1) is 33.4 Å². The smallest absolute Gasteiger partial charge is 0.252 e. The SMILES string of the molecule is CCCCc1cc2c(cc1N1c3cc(-n4c5ccccc5c5ccccc54)ccc3B3c4ccc(-n5c6ccccc6c6ccccc65)cc4N(c4c(-c5ccccc5)cc(C(C)(C)C)cc4-c4ccccc4)c4cc(C(C)(C)C)cc1c43)oc1ccccc12. The van der Waals surface area contributed by atoms with Crippen LogP contribution in [0.1, 0.15) is 78.0 Å².